The Balaban J connectivity index is 2.26. The van der Waals surface area contributed by atoms with E-state index in [1.807, 2.05) is 38.4 Å². The van der Waals surface area contributed by atoms with E-state index in [0.29, 0.717) is 5.75 Å². The summed E-state index contributed by atoms with van der Waals surface area (Å²) in [6, 6.07) is 7.33. The number of hydrogen-bond acceptors (Lipinski definition) is 4. The zero-order valence-corrected chi connectivity index (χ0v) is 11.9. The number of benzene rings is 1. The smallest absolute Gasteiger partial charge is 0.234 e. The summed E-state index contributed by atoms with van der Waals surface area (Å²) in [4.78, 5) is 13.7. The highest BCUT2D eigenvalue weighted by molar-refractivity contribution is 7.99. The molecule has 0 radical (unpaired) electrons. The van der Waals surface area contributed by atoms with Gasteiger partial charge in [0.05, 0.1) is 12.9 Å². The van der Waals surface area contributed by atoms with Gasteiger partial charge in [0.1, 0.15) is 5.75 Å². The van der Waals surface area contributed by atoms with Crippen LogP contribution in [0.1, 0.15) is 0 Å². The highest BCUT2D eigenvalue weighted by atomic mass is 32.2. The summed E-state index contributed by atoms with van der Waals surface area (Å²) in [5, 5.41) is 2.85. The molecule has 4 nitrogen and oxygen atoms in total. The van der Waals surface area contributed by atoms with E-state index < -0.39 is 0 Å². The van der Waals surface area contributed by atoms with Crippen LogP contribution in [0, 0.1) is 0 Å². The molecule has 18 heavy (non-hydrogen) atoms. The van der Waals surface area contributed by atoms with Crippen LogP contribution in [0.25, 0.3) is 0 Å². The molecule has 0 heterocycles. The van der Waals surface area contributed by atoms with Gasteiger partial charge in [0.2, 0.25) is 5.91 Å². The number of carbonyl (C=O) groups excluding carboxylic acids is 1. The number of nitrogens with zero attached hydrogens (tertiary/aromatic N) is 1. The van der Waals surface area contributed by atoms with Crippen molar-refractivity contribution in [2.24, 2.45) is 0 Å². The Morgan fingerprint density at radius 1 is 1.33 bits per heavy atom. The number of amides is 1. The van der Waals surface area contributed by atoms with Crippen LogP contribution in [0.3, 0.4) is 0 Å². The van der Waals surface area contributed by atoms with Gasteiger partial charge in [-0.1, -0.05) is 0 Å². The molecule has 1 N–H and O–H groups in total. The van der Waals surface area contributed by atoms with Crippen molar-refractivity contribution in [2.45, 2.75) is 0 Å². The SMILES string of the molecule is COc1ccc(NC(=O)CSCCN(C)C)cc1. The Bertz CT molecular complexity index is 366. The largest absolute Gasteiger partial charge is 0.497 e. The highest BCUT2D eigenvalue weighted by Crippen LogP contribution is 2.15. The van der Waals surface area contributed by atoms with Crippen molar-refractivity contribution >= 4 is 23.4 Å². The highest BCUT2D eigenvalue weighted by Gasteiger charge is 2.02. The summed E-state index contributed by atoms with van der Waals surface area (Å²) in [5.74, 6) is 2.26. The van der Waals surface area contributed by atoms with Crippen molar-refractivity contribution in [3.63, 3.8) is 0 Å². The zero-order valence-electron chi connectivity index (χ0n) is 11.1. The number of methoxy groups -OCH3 is 1. The maximum absolute atomic E-state index is 11.6. The number of rotatable bonds is 7. The van der Waals surface area contributed by atoms with Crippen molar-refractivity contribution in [2.75, 3.05) is 44.6 Å². The van der Waals surface area contributed by atoms with Crippen molar-refractivity contribution in [1.82, 2.24) is 4.90 Å². The minimum atomic E-state index is 0.0314. The maximum atomic E-state index is 11.6. The first kappa shape index (κ1) is 14.9. The fourth-order valence-corrected chi connectivity index (χ4v) is 2.18. The number of nitrogens with one attached hydrogen (secondary N) is 1. The van der Waals surface area contributed by atoms with Gasteiger partial charge in [0.15, 0.2) is 0 Å². The van der Waals surface area contributed by atoms with Gasteiger partial charge in [-0.15, -0.1) is 0 Å². The molecule has 1 amide bonds. The number of hydrogen-bond donors (Lipinski definition) is 1. The van der Waals surface area contributed by atoms with Crippen molar-refractivity contribution in [3.8, 4) is 5.75 Å². The molecular formula is C13H20N2O2S. The molecule has 0 fully saturated rings. The fourth-order valence-electron chi connectivity index (χ4n) is 1.28. The number of ether oxygens (including phenoxy) is 1. The van der Waals surface area contributed by atoms with Gasteiger partial charge < -0.3 is 15.0 Å². The third-order valence-electron chi connectivity index (χ3n) is 2.29. The van der Waals surface area contributed by atoms with Crippen LogP contribution in [0.4, 0.5) is 5.69 Å². The first-order valence-corrected chi connectivity index (χ1v) is 6.93. The second-order valence-electron chi connectivity index (χ2n) is 4.13. The molecule has 0 aromatic heterocycles. The third-order valence-corrected chi connectivity index (χ3v) is 3.23. The van der Waals surface area contributed by atoms with Gasteiger partial charge in [-0.05, 0) is 38.4 Å². The lowest BCUT2D eigenvalue weighted by Gasteiger charge is -2.09. The van der Waals surface area contributed by atoms with Gasteiger partial charge in [-0.25, -0.2) is 0 Å². The fraction of sp³-hybridized carbons (Fsp3) is 0.462. The van der Waals surface area contributed by atoms with Crippen LogP contribution in [0.2, 0.25) is 0 Å². The van der Waals surface area contributed by atoms with Crippen LogP contribution < -0.4 is 10.1 Å². The van der Waals surface area contributed by atoms with E-state index in [9.17, 15) is 4.79 Å². The standard InChI is InChI=1S/C13H20N2O2S/c1-15(2)8-9-18-10-13(16)14-11-4-6-12(17-3)7-5-11/h4-7H,8-10H2,1-3H3,(H,14,16). The Hall–Kier alpha value is -1.20. The summed E-state index contributed by atoms with van der Waals surface area (Å²) in [7, 11) is 5.67. The Morgan fingerprint density at radius 3 is 2.56 bits per heavy atom. The molecule has 100 valence electrons. The van der Waals surface area contributed by atoms with E-state index in [1.54, 1.807) is 18.9 Å². The maximum Gasteiger partial charge on any atom is 0.234 e. The Kier molecular flexibility index (Phi) is 6.60. The molecule has 0 bridgehead atoms. The number of thioether (sulfide) groups is 1. The molecule has 0 saturated heterocycles. The van der Waals surface area contributed by atoms with Crippen LogP contribution in [0.5, 0.6) is 5.75 Å². The van der Waals surface area contributed by atoms with E-state index in [2.05, 4.69) is 10.2 Å². The average molecular weight is 268 g/mol. The second kappa shape index (κ2) is 8.00. The molecule has 0 aliphatic heterocycles. The van der Waals surface area contributed by atoms with Crippen LogP contribution in [-0.2, 0) is 4.79 Å². The summed E-state index contributed by atoms with van der Waals surface area (Å²) in [6.45, 7) is 0.987. The molecule has 1 aromatic carbocycles. The van der Waals surface area contributed by atoms with Gasteiger partial charge in [-0.3, -0.25) is 4.79 Å². The van der Waals surface area contributed by atoms with Crippen molar-refractivity contribution in [3.05, 3.63) is 24.3 Å². The molecule has 0 spiro atoms. The van der Waals surface area contributed by atoms with Gasteiger partial charge in [0.25, 0.3) is 0 Å². The summed E-state index contributed by atoms with van der Waals surface area (Å²) in [5.41, 5.74) is 0.800. The van der Waals surface area contributed by atoms with Crippen molar-refractivity contribution < 1.29 is 9.53 Å². The molecular weight excluding hydrogens is 248 g/mol. The van der Waals surface area contributed by atoms with Crippen molar-refractivity contribution in [1.29, 1.82) is 0 Å². The minimum Gasteiger partial charge on any atom is -0.497 e. The monoisotopic (exact) mass is 268 g/mol. The number of anilines is 1. The van der Waals surface area contributed by atoms with Crippen LogP contribution >= 0.6 is 11.8 Å². The van der Waals surface area contributed by atoms with Crippen LogP contribution in [-0.4, -0.2) is 50.1 Å². The van der Waals surface area contributed by atoms with E-state index >= 15 is 0 Å². The minimum absolute atomic E-state index is 0.0314. The molecule has 5 heteroatoms. The van der Waals surface area contributed by atoms with Gasteiger partial charge in [-0.2, -0.15) is 11.8 Å². The van der Waals surface area contributed by atoms with E-state index in [0.717, 1.165) is 23.7 Å². The predicted octanol–water partition coefficient (Wildman–Crippen LogP) is 1.93. The Labute approximate surface area is 113 Å². The molecule has 1 rings (SSSR count). The Morgan fingerprint density at radius 2 is 2.00 bits per heavy atom. The third kappa shape index (κ3) is 5.93. The lowest BCUT2D eigenvalue weighted by atomic mass is 10.3. The first-order valence-electron chi connectivity index (χ1n) is 5.78. The van der Waals surface area contributed by atoms with E-state index in [4.69, 9.17) is 4.74 Å². The van der Waals surface area contributed by atoms with E-state index in [1.165, 1.54) is 0 Å². The summed E-state index contributed by atoms with van der Waals surface area (Å²) >= 11 is 1.64. The predicted molar refractivity (Wildman–Crippen MR) is 77.5 cm³/mol. The van der Waals surface area contributed by atoms with Gasteiger partial charge in [0, 0.05) is 18.0 Å². The van der Waals surface area contributed by atoms with E-state index in [-0.39, 0.29) is 5.91 Å². The molecule has 0 saturated carbocycles. The average Bonchev–Trinajstić information content (AvgIpc) is 2.35. The first-order chi connectivity index (χ1) is 8.61. The topological polar surface area (TPSA) is 41.6 Å². The second-order valence-corrected chi connectivity index (χ2v) is 5.24. The quantitative estimate of drug-likeness (QED) is 0.767. The summed E-state index contributed by atoms with van der Waals surface area (Å²) in [6.07, 6.45) is 0. The normalized spacial score (nSPS) is 10.4. The van der Waals surface area contributed by atoms with Crippen LogP contribution in [0.15, 0.2) is 24.3 Å². The molecule has 0 aliphatic carbocycles. The molecule has 0 aliphatic rings. The number of carbonyl (C=O) groups is 1. The lowest BCUT2D eigenvalue weighted by Crippen LogP contribution is -2.18. The zero-order chi connectivity index (χ0) is 13.4. The summed E-state index contributed by atoms with van der Waals surface area (Å²) < 4.78 is 5.05. The molecule has 0 unspecified atom stereocenters. The van der Waals surface area contributed by atoms with Gasteiger partial charge >= 0.3 is 0 Å². The molecule has 0 atom stereocenters. The lowest BCUT2D eigenvalue weighted by molar-refractivity contribution is -0.113. The molecule has 1 aromatic rings.